The molecule has 0 aromatic rings. The van der Waals surface area contributed by atoms with Gasteiger partial charge in [0.1, 0.15) is 24.0 Å². The van der Waals surface area contributed by atoms with Gasteiger partial charge in [0.15, 0.2) is 11.9 Å². The van der Waals surface area contributed by atoms with Crippen molar-refractivity contribution in [2.75, 3.05) is 13.2 Å². The van der Waals surface area contributed by atoms with E-state index in [1.807, 2.05) is 0 Å². The van der Waals surface area contributed by atoms with Gasteiger partial charge >= 0.3 is 5.97 Å². The van der Waals surface area contributed by atoms with Crippen LogP contribution in [-0.4, -0.2) is 76.7 Å². The van der Waals surface area contributed by atoms with Gasteiger partial charge in [-0.1, -0.05) is 0 Å². The van der Waals surface area contributed by atoms with Gasteiger partial charge in [-0.15, -0.1) is 0 Å². The second kappa shape index (κ2) is 8.45. The van der Waals surface area contributed by atoms with Gasteiger partial charge in [0, 0.05) is 6.04 Å². The number of carbonyl (C=O) groups is 2. The zero-order valence-electron chi connectivity index (χ0n) is 14.3. The zero-order valence-corrected chi connectivity index (χ0v) is 14.3. The van der Waals surface area contributed by atoms with Crippen molar-refractivity contribution in [3.63, 3.8) is 0 Å². The fourth-order valence-electron chi connectivity index (χ4n) is 2.36. The predicted octanol–water partition coefficient (Wildman–Crippen LogP) is -2.95. The summed E-state index contributed by atoms with van der Waals surface area (Å²) < 4.78 is 9.89. The molecule has 26 heavy (non-hydrogen) atoms. The molecule has 1 amide bonds. The second-order valence-corrected chi connectivity index (χ2v) is 6.04. The Hall–Kier alpha value is -2.21. The summed E-state index contributed by atoms with van der Waals surface area (Å²) >= 11 is 0. The van der Waals surface area contributed by atoms with Gasteiger partial charge in [-0.2, -0.15) is 0 Å². The van der Waals surface area contributed by atoms with Crippen molar-refractivity contribution in [2.45, 2.75) is 50.3 Å². The predicted molar refractivity (Wildman–Crippen MR) is 87.6 cm³/mol. The molecule has 2 rings (SSSR count). The van der Waals surface area contributed by atoms with Gasteiger partial charge in [0.2, 0.25) is 0 Å². The number of aliphatic hydroxyl groups excluding tert-OH is 3. The highest BCUT2D eigenvalue weighted by Gasteiger charge is 2.43. The van der Waals surface area contributed by atoms with E-state index in [1.54, 1.807) is 6.92 Å². The standard InChI is InChI=1S/C15H24N4O7/c1-2-25-15(24)9(17)8(16)10(18-6-3-4-6)13(23)19-14-12(22)11(21)7(5-20)26-14/h6-7,11-12,14,17-18,20-22H,2-5,16H2,1H3,(H,19,23)/b10-8+,17-9?. The second-order valence-electron chi connectivity index (χ2n) is 6.04. The number of esters is 1. The van der Waals surface area contributed by atoms with Crippen LogP contribution in [-0.2, 0) is 19.1 Å². The molecule has 0 aromatic heterocycles. The smallest absolute Gasteiger partial charge is 0.358 e. The van der Waals surface area contributed by atoms with Crippen LogP contribution in [0.5, 0.6) is 0 Å². The van der Waals surface area contributed by atoms with Crippen molar-refractivity contribution in [2.24, 2.45) is 5.73 Å². The SMILES string of the molecule is CCOC(=O)C(=N)/C(N)=C(\NC1CC1)C(=O)NC1OC(CO)C(O)C1O. The van der Waals surface area contributed by atoms with Gasteiger partial charge < -0.3 is 41.2 Å². The van der Waals surface area contributed by atoms with Crippen LogP contribution in [0.25, 0.3) is 0 Å². The monoisotopic (exact) mass is 372 g/mol. The van der Waals surface area contributed by atoms with Crippen molar-refractivity contribution >= 4 is 17.6 Å². The third kappa shape index (κ3) is 4.49. The fourth-order valence-corrected chi connectivity index (χ4v) is 2.36. The molecule has 1 heterocycles. The van der Waals surface area contributed by atoms with Crippen LogP contribution in [0.15, 0.2) is 11.4 Å². The van der Waals surface area contributed by atoms with Crippen LogP contribution in [0.3, 0.4) is 0 Å². The van der Waals surface area contributed by atoms with Crippen LogP contribution in [0.1, 0.15) is 19.8 Å². The third-order valence-electron chi connectivity index (χ3n) is 3.99. The van der Waals surface area contributed by atoms with Crippen molar-refractivity contribution < 1.29 is 34.4 Å². The Kier molecular flexibility index (Phi) is 6.53. The Bertz CT molecular complexity index is 605. The topological polar surface area (TPSA) is 187 Å². The minimum Gasteiger partial charge on any atom is -0.461 e. The number of nitrogens with two attached hydrogens (primary N) is 1. The lowest BCUT2D eigenvalue weighted by Crippen LogP contribution is -2.47. The summed E-state index contributed by atoms with van der Waals surface area (Å²) in [4.78, 5) is 24.2. The maximum Gasteiger partial charge on any atom is 0.358 e. The molecule has 0 spiro atoms. The molecule has 2 aliphatic rings. The van der Waals surface area contributed by atoms with Crippen LogP contribution < -0.4 is 16.4 Å². The van der Waals surface area contributed by atoms with Crippen molar-refractivity contribution in [3.8, 4) is 0 Å². The number of aliphatic hydroxyl groups is 3. The Morgan fingerprint density at radius 2 is 1.92 bits per heavy atom. The summed E-state index contributed by atoms with van der Waals surface area (Å²) in [6.07, 6.45) is -3.56. The normalized spacial score (nSPS) is 28.9. The maximum atomic E-state index is 12.5. The molecule has 1 aliphatic heterocycles. The molecule has 4 atom stereocenters. The number of nitrogens with one attached hydrogen (secondary N) is 3. The van der Waals surface area contributed by atoms with Crippen LogP contribution >= 0.6 is 0 Å². The van der Waals surface area contributed by atoms with E-state index in [1.165, 1.54) is 0 Å². The van der Waals surface area contributed by atoms with E-state index >= 15 is 0 Å². The number of rotatable bonds is 8. The summed E-state index contributed by atoms with van der Waals surface area (Å²) in [5, 5.41) is 41.7. The van der Waals surface area contributed by atoms with Gasteiger partial charge in [-0.3, -0.25) is 10.2 Å². The van der Waals surface area contributed by atoms with Crippen molar-refractivity contribution in [1.82, 2.24) is 10.6 Å². The lowest BCUT2D eigenvalue weighted by atomic mass is 10.1. The lowest BCUT2D eigenvalue weighted by Gasteiger charge is -2.19. The number of hydrogen-bond acceptors (Lipinski definition) is 10. The Morgan fingerprint density at radius 3 is 2.42 bits per heavy atom. The van der Waals surface area contributed by atoms with Crippen molar-refractivity contribution in [3.05, 3.63) is 11.4 Å². The van der Waals surface area contributed by atoms with E-state index in [0.717, 1.165) is 12.8 Å². The largest absolute Gasteiger partial charge is 0.461 e. The maximum absolute atomic E-state index is 12.5. The van der Waals surface area contributed by atoms with Crippen LogP contribution in [0, 0.1) is 5.41 Å². The van der Waals surface area contributed by atoms with Gasteiger partial charge in [0.05, 0.1) is 18.9 Å². The van der Waals surface area contributed by atoms with Gasteiger partial charge in [-0.25, -0.2) is 4.79 Å². The van der Waals surface area contributed by atoms with Crippen LogP contribution in [0.2, 0.25) is 0 Å². The van der Waals surface area contributed by atoms with Gasteiger partial charge in [0.25, 0.3) is 5.91 Å². The highest BCUT2D eigenvalue weighted by atomic mass is 16.6. The Balaban J connectivity index is 2.15. The summed E-state index contributed by atoms with van der Waals surface area (Å²) in [5.41, 5.74) is 4.50. The number of ether oxygens (including phenoxy) is 2. The molecule has 8 N–H and O–H groups in total. The molecule has 0 bridgehead atoms. The molecule has 146 valence electrons. The zero-order chi connectivity index (χ0) is 19.4. The first-order chi connectivity index (χ1) is 12.3. The van der Waals surface area contributed by atoms with Crippen LogP contribution in [0.4, 0.5) is 0 Å². The minimum absolute atomic E-state index is 0.0190. The number of hydrogen-bond donors (Lipinski definition) is 7. The van der Waals surface area contributed by atoms with E-state index in [0.29, 0.717) is 0 Å². The fraction of sp³-hybridized carbons (Fsp3) is 0.667. The average molecular weight is 372 g/mol. The lowest BCUT2D eigenvalue weighted by molar-refractivity contribution is -0.135. The molecule has 2 fully saturated rings. The van der Waals surface area contributed by atoms with E-state index in [9.17, 15) is 19.8 Å². The summed E-state index contributed by atoms with van der Waals surface area (Å²) in [6.45, 7) is 1.08. The molecule has 1 saturated heterocycles. The molecule has 1 saturated carbocycles. The molecule has 11 heteroatoms. The van der Waals surface area contributed by atoms with E-state index in [-0.39, 0.29) is 18.3 Å². The first-order valence-electron chi connectivity index (χ1n) is 8.25. The molecule has 11 nitrogen and oxygen atoms in total. The van der Waals surface area contributed by atoms with Gasteiger partial charge in [-0.05, 0) is 19.8 Å². The molecular formula is C15H24N4O7. The molecule has 4 unspecified atom stereocenters. The molecular weight excluding hydrogens is 348 g/mol. The molecule has 0 aromatic carbocycles. The average Bonchev–Trinajstić information content (AvgIpc) is 3.40. The first-order valence-corrected chi connectivity index (χ1v) is 8.25. The Morgan fingerprint density at radius 1 is 1.27 bits per heavy atom. The highest BCUT2D eigenvalue weighted by Crippen LogP contribution is 2.22. The summed E-state index contributed by atoms with van der Waals surface area (Å²) in [5.74, 6) is -1.79. The minimum atomic E-state index is -1.45. The van der Waals surface area contributed by atoms with E-state index < -0.39 is 54.4 Å². The third-order valence-corrected chi connectivity index (χ3v) is 3.99. The van der Waals surface area contributed by atoms with Crippen molar-refractivity contribution in [1.29, 1.82) is 5.41 Å². The van der Waals surface area contributed by atoms with E-state index in [2.05, 4.69) is 10.6 Å². The quantitative estimate of drug-likeness (QED) is 0.133. The highest BCUT2D eigenvalue weighted by molar-refractivity contribution is 6.42. The molecule has 1 aliphatic carbocycles. The molecule has 0 radical (unpaired) electrons. The first kappa shape index (κ1) is 20.1. The number of carbonyl (C=O) groups excluding carboxylic acids is 2. The van der Waals surface area contributed by atoms with E-state index in [4.69, 9.17) is 25.7 Å². The Labute approximate surface area is 149 Å². The number of amides is 1. The summed E-state index contributed by atoms with van der Waals surface area (Å²) in [7, 11) is 0. The summed E-state index contributed by atoms with van der Waals surface area (Å²) in [6, 6.07) is -0.0190.